The number of thioether (sulfide) groups is 1. The number of amides is 1. The van der Waals surface area contributed by atoms with Crippen LogP contribution in [0, 0.1) is 11.6 Å². The zero-order valence-corrected chi connectivity index (χ0v) is 22.9. The summed E-state index contributed by atoms with van der Waals surface area (Å²) in [5.41, 5.74) is 0.805. The fraction of sp³-hybridized carbons (Fsp3) is 0.321. The molecule has 1 fully saturated rings. The molecule has 2 aromatic carbocycles. The van der Waals surface area contributed by atoms with Gasteiger partial charge in [-0.25, -0.2) is 13.6 Å². The minimum absolute atomic E-state index is 0.102. The van der Waals surface area contributed by atoms with Crippen LogP contribution in [0.15, 0.2) is 58.4 Å². The van der Waals surface area contributed by atoms with Crippen LogP contribution in [0.2, 0.25) is 0 Å². The molecule has 3 aliphatic heterocycles. The molecular weight excluding hydrogens is 560 g/mol. The van der Waals surface area contributed by atoms with Crippen LogP contribution in [-0.4, -0.2) is 61.0 Å². The predicted molar refractivity (Wildman–Crippen MR) is 142 cm³/mol. The molecule has 0 spiro atoms. The van der Waals surface area contributed by atoms with Gasteiger partial charge in [0.1, 0.15) is 6.17 Å². The molecule has 0 radical (unpaired) electrons. The van der Waals surface area contributed by atoms with Gasteiger partial charge in [-0.15, -0.1) is 11.8 Å². The highest BCUT2D eigenvalue weighted by Gasteiger charge is 2.46. The second-order valence-electron chi connectivity index (χ2n) is 9.55. The Morgan fingerprint density at radius 1 is 1.12 bits per heavy atom. The van der Waals surface area contributed by atoms with E-state index in [-0.39, 0.29) is 42.5 Å². The topological polar surface area (TPSA) is 99.5 Å². The minimum atomic E-state index is -1.27. The lowest BCUT2D eigenvalue weighted by Crippen LogP contribution is -2.66. The van der Waals surface area contributed by atoms with Crippen LogP contribution < -0.4 is 15.2 Å². The molecule has 10 nitrogen and oxygen atoms in total. The Morgan fingerprint density at radius 3 is 2.73 bits per heavy atom. The van der Waals surface area contributed by atoms with Gasteiger partial charge in [0.15, 0.2) is 17.3 Å². The van der Waals surface area contributed by atoms with Gasteiger partial charge >= 0.3 is 6.16 Å². The first-order chi connectivity index (χ1) is 19.8. The minimum Gasteiger partial charge on any atom is -0.448 e. The summed E-state index contributed by atoms with van der Waals surface area (Å²) in [7, 11) is 1.13. The van der Waals surface area contributed by atoms with Crippen molar-refractivity contribution >= 4 is 23.8 Å². The summed E-state index contributed by atoms with van der Waals surface area (Å²) in [6, 6.07) is 10.7. The van der Waals surface area contributed by atoms with Crippen molar-refractivity contribution < 1.29 is 37.3 Å². The van der Waals surface area contributed by atoms with E-state index in [1.165, 1.54) is 35.6 Å². The standard InChI is InChI=1S/C28H25F2N3O7S/c1-15(40-28(36)37-2)39-26-20(34)9-10-32-25(26)27(35)31-11-12-38-13-22(31)33(32)24-16-7-8-19(29)23(30)18(16)14-41-21-6-4-3-5-17(21)24/h3-10,15,22,24H,11-14H2,1-2H3/t15?,22-,24+/m1/s1. The monoisotopic (exact) mass is 585 g/mol. The first kappa shape index (κ1) is 27.1. The summed E-state index contributed by atoms with van der Waals surface area (Å²) >= 11 is 1.39. The zero-order valence-electron chi connectivity index (χ0n) is 22.0. The van der Waals surface area contributed by atoms with Crippen molar-refractivity contribution in [2.24, 2.45) is 0 Å². The highest BCUT2D eigenvalue weighted by Crippen LogP contribution is 2.45. The van der Waals surface area contributed by atoms with Crippen molar-refractivity contribution in [1.29, 1.82) is 0 Å². The second-order valence-corrected chi connectivity index (χ2v) is 10.6. The first-order valence-corrected chi connectivity index (χ1v) is 13.8. The molecule has 3 aromatic rings. The maximum atomic E-state index is 15.3. The molecule has 0 saturated carbocycles. The number of morpholine rings is 1. The Hall–Kier alpha value is -4.10. The Labute approximate surface area is 237 Å². The lowest BCUT2D eigenvalue weighted by molar-refractivity contribution is -0.0498. The Kier molecular flexibility index (Phi) is 7.08. The SMILES string of the molecule is COC(=O)OC(C)Oc1c2n(ccc1=O)N([C@@H]1c3ccccc3SCc3c1ccc(F)c3F)[C@@H]1COCCN1C2=O. The van der Waals surface area contributed by atoms with E-state index in [1.807, 2.05) is 29.3 Å². The number of halogens is 2. The number of aromatic nitrogens is 1. The van der Waals surface area contributed by atoms with Crippen LogP contribution in [0.1, 0.15) is 40.1 Å². The van der Waals surface area contributed by atoms with E-state index in [9.17, 15) is 18.8 Å². The number of hydrogen-bond donors (Lipinski definition) is 0. The number of hydrogen-bond acceptors (Lipinski definition) is 9. The zero-order chi connectivity index (χ0) is 28.8. The largest absolute Gasteiger partial charge is 0.511 e. The average Bonchev–Trinajstić information content (AvgIpc) is 3.14. The number of carbonyl (C=O) groups excluding carboxylic acids is 2. The smallest absolute Gasteiger partial charge is 0.448 e. The fourth-order valence-electron chi connectivity index (χ4n) is 5.46. The van der Waals surface area contributed by atoms with E-state index in [0.29, 0.717) is 5.56 Å². The van der Waals surface area contributed by atoms with Gasteiger partial charge in [0.25, 0.3) is 5.91 Å². The summed E-state index contributed by atoms with van der Waals surface area (Å²) in [6.07, 6.45) is -1.51. The molecule has 13 heteroatoms. The van der Waals surface area contributed by atoms with Crippen LogP contribution in [0.4, 0.5) is 13.6 Å². The number of carbonyl (C=O) groups is 2. The van der Waals surface area contributed by atoms with E-state index in [4.69, 9.17) is 14.2 Å². The van der Waals surface area contributed by atoms with Crippen LogP contribution in [-0.2, 0) is 20.0 Å². The van der Waals surface area contributed by atoms with Gasteiger partial charge in [-0.1, -0.05) is 24.3 Å². The Balaban J connectivity index is 1.59. The summed E-state index contributed by atoms with van der Waals surface area (Å²) in [4.78, 5) is 41.1. The summed E-state index contributed by atoms with van der Waals surface area (Å²) < 4.78 is 52.3. The van der Waals surface area contributed by atoms with Gasteiger partial charge in [0, 0.05) is 41.9 Å². The van der Waals surface area contributed by atoms with E-state index in [1.54, 1.807) is 11.0 Å². The van der Waals surface area contributed by atoms with Crippen LogP contribution in [0.3, 0.4) is 0 Å². The van der Waals surface area contributed by atoms with Crippen molar-refractivity contribution in [3.8, 4) is 5.75 Å². The van der Waals surface area contributed by atoms with Crippen molar-refractivity contribution in [3.63, 3.8) is 0 Å². The lowest BCUT2D eigenvalue weighted by Gasteiger charge is -2.51. The molecule has 3 aliphatic rings. The van der Waals surface area contributed by atoms with Gasteiger partial charge in [-0.2, -0.15) is 0 Å². The maximum absolute atomic E-state index is 15.3. The number of methoxy groups -OCH3 is 1. The molecule has 0 bridgehead atoms. The number of rotatable bonds is 4. The summed E-state index contributed by atoms with van der Waals surface area (Å²) in [5, 5.41) is 1.83. The van der Waals surface area contributed by atoms with Crippen molar-refractivity contribution in [1.82, 2.24) is 9.58 Å². The maximum Gasteiger partial charge on any atom is 0.511 e. The highest BCUT2D eigenvalue weighted by atomic mass is 32.2. The van der Waals surface area contributed by atoms with Gasteiger partial charge < -0.3 is 23.8 Å². The third-order valence-electron chi connectivity index (χ3n) is 7.25. The molecule has 6 rings (SSSR count). The van der Waals surface area contributed by atoms with E-state index >= 15 is 4.39 Å². The molecule has 1 unspecified atom stereocenters. The normalized spacial score (nSPS) is 20.1. The van der Waals surface area contributed by atoms with E-state index < -0.39 is 47.6 Å². The number of benzene rings is 2. The first-order valence-electron chi connectivity index (χ1n) is 12.8. The molecule has 1 aromatic heterocycles. The van der Waals surface area contributed by atoms with Gasteiger partial charge in [0.05, 0.1) is 26.4 Å². The lowest BCUT2D eigenvalue weighted by atomic mass is 9.93. The third kappa shape index (κ3) is 4.58. The second kappa shape index (κ2) is 10.7. The number of fused-ring (bicyclic) bond motifs is 4. The molecule has 3 atom stereocenters. The summed E-state index contributed by atoms with van der Waals surface area (Å²) in [6.45, 7) is 1.98. The predicted octanol–water partition coefficient (Wildman–Crippen LogP) is 3.78. The molecule has 214 valence electrons. The number of nitrogens with zero attached hydrogens (tertiary/aromatic N) is 3. The van der Waals surface area contributed by atoms with Gasteiger partial charge in [0.2, 0.25) is 17.5 Å². The number of pyridine rings is 1. The third-order valence-corrected chi connectivity index (χ3v) is 8.36. The molecule has 0 aliphatic carbocycles. The average molecular weight is 586 g/mol. The van der Waals surface area contributed by atoms with E-state index in [2.05, 4.69) is 4.74 Å². The fourth-order valence-corrected chi connectivity index (χ4v) is 6.57. The molecule has 41 heavy (non-hydrogen) atoms. The highest BCUT2D eigenvalue weighted by molar-refractivity contribution is 7.98. The quantitative estimate of drug-likeness (QED) is 0.335. The number of ether oxygens (including phenoxy) is 4. The molecular formula is C28H25F2N3O7S. The van der Waals surface area contributed by atoms with E-state index in [0.717, 1.165) is 23.6 Å². The van der Waals surface area contributed by atoms with Crippen molar-refractivity contribution in [2.45, 2.75) is 36.1 Å². The van der Waals surface area contributed by atoms with Crippen molar-refractivity contribution in [3.05, 3.63) is 92.9 Å². The van der Waals surface area contributed by atoms with Gasteiger partial charge in [-0.05, 0) is 23.3 Å². The summed E-state index contributed by atoms with van der Waals surface area (Å²) in [5.74, 6) is -2.52. The molecule has 1 amide bonds. The molecule has 0 N–H and O–H groups in total. The van der Waals surface area contributed by atoms with Crippen LogP contribution >= 0.6 is 11.8 Å². The van der Waals surface area contributed by atoms with Gasteiger partial charge in [-0.3, -0.25) is 19.3 Å². The van der Waals surface area contributed by atoms with Crippen molar-refractivity contribution in [2.75, 3.05) is 31.9 Å². The van der Waals surface area contributed by atoms with Crippen LogP contribution in [0.25, 0.3) is 0 Å². The Bertz CT molecular complexity index is 1600. The Morgan fingerprint density at radius 2 is 1.93 bits per heavy atom. The van der Waals surface area contributed by atoms with Crippen LogP contribution in [0.5, 0.6) is 5.75 Å². The molecule has 1 saturated heterocycles. The molecule has 4 heterocycles.